The second-order valence-electron chi connectivity index (χ2n) is 5.23. The van der Waals surface area contributed by atoms with Crippen LogP contribution in [0.3, 0.4) is 0 Å². The molecule has 0 aliphatic heterocycles. The van der Waals surface area contributed by atoms with Crippen LogP contribution in [0, 0.1) is 5.92 Å². The third kappa shape index (κ3) is 4.29. The van der Waals surface area contributed by atoms with Gasteiger partial charge >= 0.3 is 5.97 Å². The molecule has 0 saturated heterocycles. The number of nitrogens with one attached hydrogen (secondary N) is 1. The molecule has 0 saturated carbocycles. The Labute approximate surface area is 126 Å². The SMILES string of the molecule is C[C@@H]1CCc2sc(C(=O)OCC(=O)NCC(N)=O)cc2C1. The Kier molecular flexibility index (Phi) is 4.95. The second-order valence-corrected chi connectivity index (χ2v) is 6.36. The summed E-state index contributed by atoms with van der Waals surface area (Å²) in [6.45, 7) is 1.52. The van der Waals surface area contributed by atoms with Crippen LogP contribution in [0.15, 0.2) is 6.07 Å². The molecule has 2 rings (SSSR count). The number of ether oxygens (including phenoxy) is 1. The van der Waals surface area contributed by atoms with E-state index in [9.17, 15) is 14.4 Å². The highest BCUT2D eigenvalue weighted by Crippen LogP contribution is 2.32. The van der Waals surface area contributed by atoms with Gasteiger partial charge in [-0.2, -0.15) is 0 Å². The predicted octanol–water partition coefficient (Wildman–Crippen LogP) is 0.631. The monoisotopic (exact) mass is 310 g/mol. The van der Waals surface area contributed by atoms with E-state index >= 15 is 0 Å². The average molecular weight is 310 g/mol. The fraction of sp³-hybridized carbons (Fsp3) is 0.500. The summed E-state index contributed by atoms with van der Waals surface area (Å²) in [5.74, 6) is -1.06. The maximum Gasteiger partial charge on any atom is 0.348 e. The fourth-order valence-corrected chi connectivity index (χ4v) is 3.35. The van der Waals surface area contributed by atoms with E-state index in [1.807, 2.05) is 6.07 Å². The lowest BCUT2D eigenvalue weighted by atomic mass is 9.90. The van der Waals surface area contributed by atoms with Gasteiger partial charge in [0.2, 0.25) is 5.91 Å². The number of amides is 2. The van der Waals surface area contributed by atoms with Gasteiger partial charge in [-0.1, -0.05) is 6.92 Å². The minimum absolute atomic E-state index is 0.262. The molecule has 2 amide bonds. The van der Waals surface area contributed by atoms with Gasteiger partial charge in [-0.05, 0) is 36.8 Å². The first kappa shape index (κ1) is 15.5. The molecular weight excluding hydrogens is 292 g/mol. The Balaban J connectivity index is 1.86. The summed E-state index contributed by atoms with van der Waals surface area (Å²) in [4.78, 5) is 35.5. The number of rotatable bonds is 5. The van der Waals surface area contributed by atoms with E-state index in [1.165, 1.54) is 21.8 Å². The van der Waals surface area contributed by atoms with Gasteiger partial charge in [0.05, 0.1) is 6.54 Å². The molecule has 114 valence electrons. The van der Waals surface area contributed by atoms with Crippen LogP contribution >= 0.6 is 11.3 Å². The molecular formula is C14H18N2O4S. The summed E-state index contributed by atoms with van der Waals surface area (Å²) in [7, 11) is 0. The minimum Gasteiger partial charge on any atom is -0.451 e. The van der Waals surface area contributed by atoms with E-state index in [0.717, 1.165) is 19.3 Å². The molecule has 7 heteroatoms. The Morgan fingerprint density at radius 3 is 2.95 bits per heavy atom. The molecule has 1 aromatic rings. The van der Waals surface area contributed by atoms with Gasteiger partial charge in [0.25, 0.3) is 5.91 Å². The van der Waals surface area contributed by atoms with Crippen molar-refractivity contribution >= 4 is 29.1 Å². The zero-order chi connectivity index (χ0) is 15.4. The Hall–Kier alpha value is -1.89. The van der Waals surface area contributed by atoms with Crippen LogP contribution in [0.25, 0.3) is 0 Å². The lowest BCUT2D eigenvalue weighted by Crippen LogP contribution is -2.35. The molecule has 6 nitrogen and oxygen atoms in total. The van der Waals surface area contributed by atoms with E-state index in [0.29, 0.717) is 10.8 Å². The van der Waals surface area contributed by atoms with Gasteiger partial charge in [0, 0.05) is 4.88 Å². The van der Waals surface area contributed by atoms with E-state index in [4.69, 9.17) is 10.5 Å². The molecule has 0 radical (unpaired) electrons. The number of hydrogen-bond acceptors (Lipinski definition) is 5. The summed E-state index contributed by atoms with van der Waals surface area (Å²) in [5.41, 5.74) is 6.11. The maximum absolute atomic E-state index is 11.9. The van der Waals surface area contributed by atoms with Crippen molar-refractivity contribution in [1.29, 1.82) is 0 Å². The molecule has 0 aromatic carbocycles. The first-order valence-electron chi connectivity index (χ1n) is 6.79. The molecule has 1 atom stereocenters. The molecule has 1 aliphatic rings. The number of aryl methyl sites for hydroxylation is 1. The van der Waals surface area contributed by atoms with Crippen LogP contribution in [0.4, 0.5) is 0 Å². The smallest absolute Gasteiger partial charge is 0.348 e. The van der Waals surface area contributed by atoms with Crippen molar-refractivity contribution in [2.24, 2.45) is 11.7 Å². The number of hydrogen-bond donors (Lipinski definition) is 2. The van der Waals surface area contributed by atoms with Crippen LogP contribution in [0.5, 0.6) is 0 Å². The van der Waals surface area contributed by atoms with Crippen LogP contribution in [-0.2, 0) is 27.2 Å². The highest BCUT2D eigenvalue weighted by molar-refractivity contribution is 7.14. The van der Waals surface area contributed by atoms with Crippen molar-refractivity contribution < 1.29 is 19.1 Å². The van der Waals surface area contributed by atoms with Gasteiger partial charge in [-0.25, -0.2) is 4.79 Å². The van der Waals surface area contributed by atoms with Crippen molar-refractivity contribution in [3.63, 3.8) is 0 Å². The largest absolute Gasteiger partial charge is 0.451 e. The Morgan fingerprint density at radius 2 is 2.24 bits per heavy atom. The maximum atomic E-state index is 11.9. The fourth-order valence-electron chi connectivity index (χ4n) is 2.25. The Bertz CT molecular complexity index is 567. The zero-order valence-electron chi connectivity index (χ0n) is 11.8. The van der Waals surface area contributed by atoms with Gasteiger partial charge in [0.15, 0.2) is 6.61 Å². The highest BCUT2D eigenvalue weighted by Gasteiger charge is 2.21. The molecule has 21 heavy (non-hydrogen) atoms. The highest BCUT2D eigenvalue weighted by atomic mass is 32.1. The number of carbonyl (C=O) groups is 3. The van der Waals surface area contributed by atoms with Crippen LogP contribution in [-0.4, -0.2) is 30.9 Å². The predicted molar refractivity (Wildman–Crippen MR) is 78.0 cm³/mol. The summed E-state index contributed by atoms with van der Waals surface area (Å²) in [6.07, 6.45) is 3.11. The lowest BCUT2D eigenvalue weighted by molar-refractivity contribution is -0.127. The third-order valence-electron chi connectivity index (χ3n) is 3.32. The second kappa shape index (κ2) is 6.71. The normalized spacial score (nSPS) is 16.9. The molecule has 0 unspecified atom stereocenters. The number of fused-ring (bicyclic) bond motifs is 1. The minimum atomic E-state index is -0.644. The van der Waals surface area contributed by atoms with E-state index < -0.39 is 24.4 Å². The molecule has 0 spiro atoms. The number of nitrogens with two attached hydrogens (primary N) is 1. The summed E-state index contributed by atoms with van der Waals surface area (Å²) in [6, 6.07) is 1.86. The Morgan fingerprint density at radius 1 is 1.48 bits per heavy atom. The molecule has 3 N–H and O–H groups in total. The van der Waals surface area contributed by atoms with Crippen molar-refractivity contribution in [2.45, 2.75) is 26.2 Å². The van der Waals surface area contributed by atoms with Crippen molar-refractivity contribution in [2.75, 3.05) is 13.2 Å². The van der Waals surface area contributed by atoms with Crippen LogP contribution < -0.4 is 11.1 Å². The van der Waals surface area contributed by atoms with E-state index in [-0.39, 0.29) is 6.54 Å². The summed E-state index contributed by atoms with van der Waals surface area (Å²) in [5, 5.41) is 2.26. The van der Waals surface area contributed by atoms with Crippen LogP contribution in [0.1, 0.15) is 33.5 Å². The standard InChI is InChI=1S/C14H18N2O4S/c1-8-2-3-10-9(4-8)5-11(21-10)14(19)20-7-13(18)16-6-12(15)17/h5,8H,2-4,6-7H2,1H3,(H2,15,17)(H,16,18)/t8-/m1/s1. The number of carbonyl (C=O) groups excluding carboxylic acids is 3. The van der Waals surface area contributed by atoms with Crippen molar-refractivity contribution in [3.8, 4) is 0 Å². The van der Waals surface area contributed by atoms with Gasteiger partial charge in [-0.15, -0.1) is 11.3 Å². The molecule has 0 fully saturated rings. The van der Waals surface area contributed by atoms with Gasteiger partial charge in [0.1, 0.15) is 4.88 Å². The first-order valence-corrected chi connectivity index (χ1v) is 7.61. The van der Waals surface area contributed by atoms with Crippen molar-refractivity contribution in [1.82, 2.24) is 5.32 Å². The summed E-state index contributed by atoms with van der Waals surface area (Å²) < 4.78 is 4.93. The van der Waals surface area contributed by atoms with E-state index in [1.54, 1.807) is 0 Å². The number of thiophene rings is 1. The number of esters is 1. The molecule has 1 aromatic heterocycles. The quantitative estimate of drug-likeness (QED) is 0.779. The topological polar surface area (TPSA) is 98.5 Å². The van der Waals surface area contributed by atoms with E-state index in [2.05, 4.69) is 12.2 Å². The van der Waals surface area contributed by atoms with Gasteiger partial charge in [-0.3, -0.25) is 9.59 Å². The molecule has 0 bridgehead atoms. The third-order valence-corrected chi connectivity index (χ3v) is 4.54. The number of primary amides is 1. The zero-order valence-corrected chi connectivity index (χ0v) is 12.6. The summed E-state index contributed by atoms with van der Waals surface area (Å²) >= 11 is 1.44. The molecule has 1 aliphatic carbocycles. The average Bonchev–Trinajstić information content (AvgIpc) is 2.85. The van der Waals surface area contributed by atoms with Crippen molar-refractivity contribution in [3.05, 3.63) is 21.4 Å². The molecule has 1 heterocycles. The lowest BCUT2D eigenvalue weighted by Gasteiger charge is -2.16. The van der Waals surface area contributed by atoms with Crippen LogP contribution in [0.2, 0.25) is 0 Å². The first-order chi connectivity index (χ1) is 9.95. The van der Waals surface area contributed by atoms with Gasteiger partial charge < -0.3 is 15.8 Å².